The predicted octanol–water partition coefficient (Wildman–Crippen LogP) is 3.13. The molecule has 7 nitrogen and oxygen atoms in total. The zero-order chi connectivity index (χ0) is 25.5. The van der Waals surface area contributed by atoms with Crippen molar-refractivity contribution < 1.29 is 21.5 Å². The highest BCUT2D eigenvalue weighted by atomic mass is 79.9. The van der Waals surface area contributed by atoms with E-state index in [1.54, 1.807) is 17.6 Å². The lowest BCUT2D eigenvalue weighted by Crippen LogP contribution is -3.00. The molecule has 37 heavy (non-hydrogen) atoms. The molecule has 194 valence electrons. The average Bonchev–Trinajstić information content (AvgIpc) is 3.19. The van der Waals surface area contributed by atoms with Crippen molar-refractivity contribution >= 4 is 44.8 Å². The Morgan fingerprint density at radius 3 is 2.11 bits per heavy atom. The summed E-state index contributed by atoms with van der Waals surface area (Å²) in [6.45, 7) is 5.28. The van der Waals surface area contributed by atoms with Gasteiger partial charge in [0.1, 0.15) is 0 Å². The molecule has 4 rings (SSSR count). The van der Waals surface area contributed by atoms with E-state index in [1.807, 2.05) is 55.6 Å². The molecule has 0 atom stereocenters. The first-order chi connectivity index (χ1) is 17.3. The third-order valence-corrected chi connectivity index (χ3v) is 6.98. The van der Waals surface area contributed by atoms with Gasteiger partial charge in [0, 0.05) is 19.3 Å². The van der Waals surface area contributed by atoms with Gasteiger partial charge in [-0.3, -0.25) is 0 Å². The second-order valence-corrected chi connectivity index (χ2v) is 10.7. The maximum atomic E-state index is 4.40. The normalized spacial score (nSPS) is 12.5. The van der Waals surface area contributed by atoms with E-state index < -0.39 is 0 Å². The molecule has 0 radical (unpaired) electrons. The predicted molar refractivity (Wildman–Crippen MR) is 152 cm³/mol. The van der Waals surface area contributed by atoms with Crippen LogP contribution in [0.5, 0.6) is 0 Å². The number of fused-ring (bicyclic) bond motifs is 1. The van der Waals surface area contributed by atoms with Gasteiger partial charge in [-0.15, -0.1) is 5.10 Å². The molecule has 0 saturated carbocycles. The summed E-state index contributed by atoms with van der Waals surface area (Å²) in [4.78, 5) is 3.25. The van der Waals surface area contributed by atoms with Crippen LogP contribution in [0.15, 0.2) is 93.2 Å². The van der Waals surface area contributed by atoms with Crippen molar-refractivity contribution in [3.8, 4) is 0 Å². The summed E-state index contributed by atoms with van der Waals surface area (Å²) in [5, 5.41) is 17.5. The van der Waals surface area contributed by atoms with Crippen LogP contribution >= 0.6 is 11.3 Å². The molecule has 0 aliphatic heterocycles. The lowest BCUT2D eigenvalue weighted by atomic mass is 10.2. The van der Waals surface area contributed by atoms with Gasteiger partial charge in [-0.05, 0) is 61.0 Å². The number of nitrogens with zero attached hydrogens (tertiary/aromatic N) is 7. The van der Waals surface area contributed by atoms with Crippen molar-refractivity contribution in [2.24, 2.45) is 27.5 Å². The molecule has 0 unspecified atom stereocenters. The van der Waals surface area contributed by atoms with Gasteiger partial charge < -0.3 is 30.9 Å². The molecule has 0 fully saturated rings. The van der Waals surface area contributed by atoms with Gasteiger partial charge in [-0.1, -0.05) is 35.6 Å². The Morgan fingerprint density at radius 1 is 0.892 bits per heavy atom. The summed E-state index contributed by atoms with van der Waals surface area (Å²) in [7, 11) is 8.67. The standard InChI is InChI=1S/C28H34N7S.BrH/c1-6-34(19-20-35(3,4)5)25-17-15-24(16-18-25)31-30-23-13-11-22(12-14-23)21-29-32-28-33(2)26-9-7-8-10-27(26)36-28;/h7-18,21H,6,19-20H2,1-5H3;1H/q+1;/p-1/b29-21+,31-30?,32-28-;. The highest BCUT2D eigenvalue weighted by molar-refractivity contribution is 7.16. The first-order valence-electron chi connectivity index (χ1n) is 12.1. The largest absolute Gasteiger partial charge is 1.00 e. The zero-order valence-corrected chi connectivity index (χ0v) is 24.4. The van der Waals surface area contributed by atoms with Crippen molar-refractivity contribution in [1.29, 1.82) is 0 Å². The summed E-state index contributed by atoms with van der Waals surface area (Å²) >= 11 is 1.62. The number of halogens is 1. The van der Waals surface area contributed by atoms with Gasteiger partial charge >= 0.3 is 0 Å². The lowest BCUT2D eigenvalue weighted by molar-refractivity contribution is -0.868. The average molecular weight is 581 g/mol. The molecular weight excluding hydrogens is 546 g/mol. The molecule has 3 aromatic carbocycles. The van der Waals surface area contributed by atoms with Gasteiger partial charge in [0.05, 0.1) is 62.0 Å². The molecule has 0 aliphatic rings. The Bertz CT molecular complexity index is 1410. The number of benzene rings is 3. The maximum absolute atomic E-state index is 4.40. The number of thiazole rings is 1. The van der Waals surface area contributed by atoms with E-state index in [1.165, 1.54) is 10.4 Å². The van der Waals surface area contributed by atoms with Gasteiger partial charge in [-0.25, -0.2) is 0 Å². The van der Waals surface area contributed by atoms with E-state index in [0.717, 1.165) is 51.4 Å². The van der Waals surface area contributed by atoms with Crippen LogP contribution in [-0.2, 0) is 7.05 Å². The number of quaternary nitrogens is 1. The molecule has 9 heteroatoms. The molecule has 1 aromatic heterocycles. The molecule has 0 bridgehead atoms. The molecule has 0 spiro atoms. The minimum Gasteiger partial charge on any atom is -1.00 e. The molecule has 0 saturated heterocycles. The Kier molecular flexibility index (Phi) is 9.91. The number of para-hydroxylation sites is 1. The summed E-state index contributed by atoms with van der Waals surface area (Å²) in [5.74, 6) is 0. The first kappa shape index (κ1) is 28.4. The molecule has 1 heterocycles. The van der Waals surface area contributed by atoms with Crippen LogP contribution in [-0.4, -0.2) is 56.0 Å². The summed E-state index contributed by atoms with van der Waals surface area (Å²) < 4.78 is 4.20. The quantitative estimate of drug-likeness (QED) is 0.130. The molecule has 0 N–H and O–H groups in total. The Balaban J connectivity index is 0.00000380. The second-order valence-electron chi connectivity index (χ2n) is 9.66. The van der Waals surface area contributed by atoms with E-state index >= 15 is 0 Å². The zero-order valence-electron chi connectivity index (χ0n) is 22.0. The van der Waals surface area contributed by atoms with Crippen LogP contribution < -0.4 is 26.7 Å². The van der Waals surface area contributed by atoms with Crippen molar-refractivity contribution in [3.63, 3.8) is 0 Å². The van der Waals surface area contributed by atoms with Crippen LogP contribution in [0.4, 0.5) is 17.1 Å². The van der Waals surface area contributed by atoms with E-state index in [-0.39, 0.29) is 17.0 Å². The number of hydrogen-bond acceptors (Lipinski definition) is 6. The summed E-state index contributed by atoms with van der Waals surface area (Å²) in [6.07, 6.45) is 1.75. The Labute approximate surface area is 233 Å². The topological polar surface area (TPSA) is 57.6 Å². The van der Waals surface area contributed by atoms with E-state index in [0.29, 0.717) is 0 Å². The monoisotopic (exact) mass is 579 g/mol. The smallest absolute Gasteiger partial charge is 0.211 e. The number of aryl methyl sites for hydroxylation is 1. The van der Waals surface area contributed by atoms with E-state index in [4.69, 9.17) is 0 Å². The first-order valence-corrected chi connectivity index (χ1v) is 12.9. The van der Waals surface area contributed by atoms with Gasteiger partial charge in [0.15, 0.2) is 0 Å². The number of anilines is 1. The third-order valence-electron chi connectivity index (χ3n) is 5.88. The van der Waals surface area contributed by atoms with Crippen molar-refractivity contribution in [2.45, 2.75) is 6.92 Å². The molecular formula is C28H34BrN7S. The fourth-order valence-electron chi connectivity index (χ4n) is 3.69. The number of likely N-dealkylation sites (N-methyl/N-ethyl adjacent to an activating group) is 2. The van der Waals surface area contributed by atoms with Crippen LogP contribution in [0.1, 0.15) is 12.5 Å². The molecule has 4 aromatic rings. The number of hydrogen-bond donors (Lipinski definition) is 0. The fourth-order valence-corrected chi connectivity index (χ4v) is 4.66. The van der Waals surface area contributed by atoms with Crippen LogP contribution in [0.25, 0.3) is 10.2 Å². The van der Waals surface area contributed by atoms with Crippen LogP contribution in [0.2, 0.25) is 0 Å². The van der Waals surface area contributed by atoms with E-state index in [2.05, 4.69) is 82.2 Å². The molecule has 0 amide bonds. The summed E-state index contributed by atoms with van der Waals surface area (Å²) in [5.41, 5.74) is 4.95. The van der Waals surface area contributed by atoms with Gasteiger partial charge in [-0.2, -0.15) is 15.3 Å². The van der Waals surface area contributed by atoms with Crippen LogP contribution in [0.3, 0.4) is 0 Å². The van der Waals surface area contributed by atoms with Crippen LogP contribution in [0, 0.1) is 0 Å². The minimum absolute atomic E-state index is 0. The Hall–Kier alpha value is -3.14. The van der Waals surface area contributed by atoms with Gasteiger partial charge in [0.2, 0.25) is 4.80 Å². The van der Waals surface area contributed by atoms with Crippen molar-refractivity contribution in [3.05, 3.63) is 83.2 Å². The van der Waals surface area contributed by atoms with Crippen molar-refractivity contribution in [1.82, 2.24) is 4.57 Å². The van der Waals surface area contributed by atoms with Crippen molar-refractivity contribution in [2.75, 3.05) is 45.7 Å². The Morgan fingerprint density at radius 2 is 1.51 bits per heavy atom. The number of aromatic nitrogens is 1. The lowest BCUT2D eigenvalue weighted by Gasteiger charge is -2.29. The summed E-state index contributed by atoms with van der Waals surface area (Å²) in [6, 6.07) is 24.3. The fraction of sp³-hybridized carbons (Fsp3) is 0.286. The highest BCUT2D eigenvalue weighted by Gasteiger charge is 2.11. The SMILES string of the molecule is CCN(CC[N+](C)(C)C)c1ccc(N=Nc2ccc(/C=N/N=c3\sc4ccccc4n3C)cc2)cc1.[Br-]. The second kappa shape index (κ2) is 12.9. The third kappa shape index (κ3) is 7.92. The number of azo groups is 1. The molecule has 0 aliphatic carbocycles. The van der Waals surface area contributed by atoms with Gasteiger partial charge in [0.25, 0.3) is 0 Å². The van der Waals surface area contributed by atoms with E-state index in [9.17, 15) is 0 Å². The maximum Gasteiger partial charge on any atom is 0.211 e. The highest BCUT2D eigenvalue weighted by Crippen LogP contribution is 2.22. The number of rotatable bonds is 9. The minimum atomic E-state index is 0.